The Labute approximate surface area is 175 Å². The minimum atomic E-state index is -0.772. The van der Waals surface area contributed by atoms with Crippen LogP contribution in [0.4, 0.5) is 5.69 Å². The van der Waals surface area contributed by atoms with Crippen LogP contribution in [0, 0.1) is 12.8 Å². The van der Waals surface area contributed by atoms with Gasteiger partial charge in [0.15, 0.2) is 6.10 Å². The van der Waals surface area contributed by atoms with E-state index in [1.54, 1.807) is 29.0 Å². The summed E-state index contributed by atoms with van der Waals surface area (Å²) in [5, 5.41) is 7.53. The quantitative estimate of drug-likeness (QED) is 0.760. The van der Waals surface area contributed by atoms with Gasteiger partial charge in [-0.3, -0.25) is 14.3 Å². The first-order chi connectivity index (χ1) is 13.8. The van der Waals surface area contributed by atoms with E-state index in [0.717, 1.165) is 5.69 Å². The Hall–Kier alpha value is -2.80. The number of benzene rings is 1. The van der Waals surface area contributed by atoms with Crippen molar-refractivity contribution >= 4 is 35.2 Å². The number of halogens is 1. The Balaban J connectivity index is 1.86. The number of nitrogens with zero attached hydrogens (tertiary/aromatic N) is 3. The highest BCUT2D eigenvalue weighted by atomic mass is 35.5. The first-order valence-corrected chi connectivity index (χ1v) is 9.89. The maximum absolute atomic E-state index is 13.0. The van der Waals surface area contributed by atoms with Crippen LogP contribution in [0.3, 0.4) is 0 Å². The van der Waals surface area contributed by atoms with Gasteiger partial charge in [0, 0.05) is 25.2 Å². The summed E-state index contributed by atoms with van der Waals surface area (Å²) in [6.45, 7) is 6.86. The minimum Gasteiger partial charge on any atom is -0.477 e. The zero-order valence-corrected chi connectivity index (χ0v) is 17.7. The lowest BCUT2D eigenvalue weighted by Crippen LogP contribution is -2.49. The molecule has 1 aliphatic rings. The van der Waals surface area contributed by atoms with Crippen LogP contribution in [0.5, 0.6) is 5.75 Å². The normalized spacial score (nSPS) is 16.1. The molecule has 0 aliphatic carbocycles. The Morgan fingerprint density at radius 3 is 2.79 bits per heavy atom. The summed E-state index contributed by atoms with van der Waals surface area (Å²) in [7, 11) is 1.54. The van der Waals surface area contributed by atoms with Gasteiger partial charge < -0.3 is 15.0 Å². The van der Waals surface area contributed by atoms with Crippen LogP contribution in [0.1, 0.15) is 25.1 Å². The largest absolute Gasteiger partial charge is 0.477 e. The molecule has 1 N–H and O–H groups in total. The first-order valence-electron chi connectivity index (χ1n) is 9.51. The SMILES string of the molecule is CNC(=O)[C@@H]1CN(C(=O)/C=C/c2c(C)nn(CC(C)C)c2Cl)c2ccccc2O1. The maximum atomic E-state index is 13.0. The first kappa shape index (κ1) is 20.9. The number of nitrogens with one attached hydrogen (secondary N) is 1. The fourth-order valence-electron chi connectivity index (χ4n) is 3.21. The van der Waals surface area contributed by atoms with Crippen LogP contribution in [0.15, 0.2) is 30.3 Å². The molecule has 7 nitrogen and oxygen atoms in total. The second-order valence-corrected chi connectivity index (χ2v) is 7.69. The van der Waals surface area contributed by atoms with Crippen LogP contribution in [-0.2, 0) is 16.1 Å². The molecule has 3 rings (SSSR count). The second-order valence-electron chi connectivity index (χ2n) is 7.34. The highest BCUT2D eigenvalue weighted by Gasteiger charge is 2.32. The lowest BCUT2D eigenvalue weighted by Gasteiger charge is -2.33. The molecular formula is C21H25ClN4O3. The van der Waals surface area contributed by atoms with Gasteiger partial charge >= 0.3 is 0 Å². The third kappa shape index (κ3) is 4.45. The van der Waals surface area contributed by atoms with Gasteiger partial charge in [-0.1, -0.05) is 37.6 Å². The van der Waals surface area contributed by atoms with Gasteiger partial charge in [0.1, 0.15) is 10.9 Å². The molecule has 1 atom stereocenters. The van der Waals surface area contributed by atoms with Crippen molar-refractivity contribution in [2.24, 2.45) is 5.92 Å². The number of carbonyl (C=O) groups is 2. The number of aryl methyl sites for hydroxylation is 1. The van der Waals surface area contributed by atoms with E-state index in [9.17, 15) is 9.59 Å². The molecule has 1 aromatic carbocycles. The number of fused-ring (bicyclic) bond motifs is 1. The van der Waals surface area contributed by atoms with Crippen LogP contribution in [-0.4, -0.2) is 41.3 Å². The van der Waals surface area contributed by atoms with Gasteiger partial charge in [-0.15, -0.1) is 0 Å². The van der Waals surface area contributed by atoms with E-state index in [0.29, 0.717) is 34.6 Å². The molecule has 154 valence electrons. The number of aromatic nitrogens is 2. The average molecular weight is 417 g/mol. The van der Waals surface area contributed by atoms with Crippen molar-refractivity contribution in [1.29, 1.82) is 0 Å². The van der Waals surface area contributed by atoms with Crippen molar-refractivity contribution in [1.82, 2.24) is 15.1 Å². The van der Waals surface area contributed by atoms with E-state index >= 15 is 0 Å². The molecule has 2 amide bonds. The Kier molecular flexibility index (Phi) is 6.27. The molecule has 0 bridgehead atoms. The van der Waals surface area contributed by atoms with Crippen LogP contribution < -0.4 is 15.0 Å². The number of carbonyl (C=O) groups excluding carboxylic acids is 2. The molecule has 0 spiro atoms. The number of rotatable bonds is 5. The summed E-state index contributed by atoms with van der Waals surface area (Å²) in [6, 6.07) is 7.16. The predicted octanol–water partition coefficient (Wildman–Crippen LogP) is 3.05. The maximum Gasteiger partial charge on any atom is 0.262 e. The van der Waals surface area contributed by atoms with E-state index in [1.165, 1.54) is 18.0 Å². The number of hydrogen-bond acceptors (Lipinski definition) is 4. The summed E-state index contributed by atoms with van der Waals surface area (Å²) >= 11 is 6.46. The van der Waals surface area contributed by atoms with Gasteiger partial charge in [-0.05, 0) is 31.1 Å². The number of ether oxygens (including phenoxy) is 1. The molecule has 0 saturated heterocycles. The number of likely N-dealkylation sites (N-methyl/N-ethyl adjacent to an activating group) is 1. The molecule has 8 heteroatoms. The van der Waals surface area contributed by atoms with Gasteiger partial charge in [0.25, 0.3) is 11.8 Å². The predicted molar refractivity (Wildman–Crippen MR) is 113 cm³/mol. The van der Waals surface area contributed by atoms with Crippen LogP contribution in [0.25, 0.3) is 6.08 Å². The van der Waals surface area contributed by atoms with Crippen molar-refractivity contribution in [3.05, 3.63) is 46.8 Å². The highest BCUT2D eigenvalue weighted by Crippen LogP contribution is 2.33. The standard InChI is InChI=1S/C21H25ClN4O3/c1-13(2)11-26-20(22)15(14(3)24-26)9-10-19(27)25-12-18(21(28)23-4)29-17-8-6-5-7-16(17)25/h5-10,13,18H,11-12H2,1-4H3,(H,23,28)/b10-9+/t18-/m0/s1. The van der Waals surface area contributed by atoms with Gasteiger partial charge in [-0.25, -0.2) is 0 Å². The van der Waals surface area contributed by atoms with E-state index < -0.39 is 6.10 Å². The number of para-hydroxylation sites is 2. The third-order valence-electron chi connectivity index (χ3n) is 4.62. The van der Waals surface area contributed by atoms with Gasteiger partial charge in [0.2, 0.25) is 0 Å². The molecule has 0 radical (unpaired) electrons. The van der Waals surface area contributed by atoms with Crippen LogP contribution >= 0.6 is 11.6 Å². The lowest BCUT2D eigenvalue weighted by atomic mass is 10.1. The van der Waals surface area contributed by atoms with E-state index in [-0.39, 0.29) is 18.4 Å². The summed E-state index contributed by atoms with van der Waals surface area (Å²) in [6.07, 6.45) is 2.36. The Morgan fingerprint density at radius 1 is 1.38 bits per heavy atom. The Morgan fingerprint density at radius 2 is 2.10 bits per heavy atom. The van der Waals surface area contributed by atoms with Crippen molar-refractivity contribution in [2.45, 2.75) is 33.4 Å². The van der Waals surface area contributed by atoms with Crippen molar-refractivity contribution in [2.75, 3.05) is 18.5 Å². The van der Waals surface area contributed by atoms with Crippen molar-refractivity contribution in [3.63, 3.8) is 0 Å². The summed E-state index contributed by atoms with van der Waals surface area (Å²) in [5.41, 5.74) is 2.09. The minimum absolute atomic E-state index is 0.124. The zero-order valence-electron chi connectivity index (χ0n) is 17.0. The van der Waals surface area contributed by atoms with Gasteiger partial charge in [0.05, 0.1) is 17.9 Å². The molecule has 0 unspecified atom stereocenters. The zero-order chi connectivity index (χ0) is 21.1. The second kappa shape index (κ2) is 8.69. The highest BCUT2D eigenvalue weighted by molar-refractivity contribution is 6.31. The van der Waals surface area contributed by atoms with E-state index in [1.807, 2.05) is 13.0 Å². The molecule has 0 fully saturated rings. The summed E-state index contributed by atoms with van der Waals surface area (Å²) in [4.78, 5) is 26.6. The smallest absolute Gasteiger partial charge is 0.262 e. The monoisotopic (exact) mass is 416 g/mol. The van der Waals surface area contributed by atoms with E-state index in [2.05, 4.69) is 24.3 Å². The fourth-order valence-corrected chi connectivity index (χ4v) is 3.52. The molecule has 0 saturated carbocycles. The van der Waals surface area contributed by atoms with E-state index in [4.69, 9.17) is 16.3 Å². The number of anilines is 1. The molecular weight excluding hydrogens is 392 g/mol. The Bertz CT molecular complexity index is 951. The third-order valence-corrected chi connectivity index (χ3v) is 5.02. The molecule has 1 aromatic heterocycles. The average Bonchev–Trinajstić information content (AvgIpc) is 2.96. The summed E-state index contributed by atoms with van der Waals surface area (Å²) in [5.74, 6) is 0.349. The molecule has 1 aliphatic heterocycles. The molecule has 29 heavy (non-hydrogen) atoms. The topological polar surface area (TPSA) is 76.5 Å². The van der Waals surface area contributed by atoms with Crippen LogP contribution in [0.2, 0.25) is 5.15 Å². The lowest BCUT2D eigenvalue weighted by molar-refractivity contribution is -0.127. The van der Waals surface area contributed by atoms with Crippen molar-refractivity contribution in [3.8, 4) is 5.75 Å². The summed E-state index contributed by atoms with van der Waals surface area (Å²) < 4.78 is 7.49. The number of hydrogen-bond donors (Lipinski definition) is 1. The van der Waals surface area contributed by atoms with Crippen molar-refractivity contribution < 1.29 is 14.3 Å². The molecule has 2 heterocycles. The van der Waals surface area contributed by atoms with Gasteiger partial charge in [-0.2, -0.15) is 5.10 Å². The molecule has 2 aromatic rings. The fraction of sp³-hybridized carbons (Fsp3) is 0.381. The number of amides is 2.